The van der Waals surface area contributed by atoms with Gasteiger partial charge in [-0.2, -0.15) is 0 Å². The van der Waals surface area contributed by atoms with Gasteiger partial charge in [-0.05, 0) is 53.3 Å². The largest absolute Gasteiger partial charge is 0.310 e. The van der Waals surface area contributed by atoms with Gasteiger partial charge in [-0.3, -0.25) is 0 Å². The molecule has 0 bridgehead atoms. The molecule has 0 aliphatic rings. The number of hydrogen-bond acceptors (Lipinski definition) is 1. The van der Waals surface area contributed by atoms with Crippen molar-refractivity contribution in [3.05, 3.63) is 33.1 Å². The van der Waals surface area contributed by atoms with Gasteiger partial charge in [-0.25, -0.2) is 4.39 Å². The third-order valence-electron chi connectivity index (χ3n) is 2.88. The summed E-state index contributed by atoms with van der Waals surface area (Å²) in [6.45, 7) is 5.28. The van der Waals surface area contributed by atoms with Crippen LogP contribution >= 0.6 is 22.6 Å². The molecular formula is C14H21FIN. The van der Waals surface area contributed by atoms with Gasteiger partial charge < -0.3 is 5.32 Å². The Morgan fingerprint density at radius 1 is 1.29 bits per heavy atom. The topological polar surface area (TPSA) is 12.0 Å². The van der Waals surface area contributed by atoms with E-state index in [4.69, 9.17) is 0 Å². The summed E-state index contributed by atoms with van der Waals surface area (Å²) < 4.78 is 14.1. The zero-order valence-electron chi connectivity index (χ0n) is 10.6. The molecule has 1 N–H and O–H groups in total. The van der Waals surface area contributed by atoms with Gasteiger partial charge >= 0.3 is 0 Å². The summed E-state index contributed by atoms with van der Waals surface area (Å²) in [5.74, 6) is -0.151. The summed E-state index contributed by atoms with van der Waals surface area (Å²) in [7, 11) is 0. The molecule has 0 amide bonds. The second-order valence-corrected chi connectivity index (χ2v) is 5.43. The minimum Gasteiger partial charge on any atom is -0.310 e. The van der Waals surface area contributed by atoms with Crippen LogP contribution in [0, 0.1) is 9.39 Å². The minimum absolute atomic E-state index is 0.151. The molecule has 17 heavy (non-hydrogen) atoms. The molecule has 0 aromatic heterocycles. The van der Waals surface area contributed by atoms with Crippen LogP contribution in [-0.2, 0) is 0 Å². The summed E-state index contributed by atoms with van der Waals surface area (Å²) in [4.78, 5) is 0. The summed E-state index contributed by atoms with van der Waals surface area (Å²) in [6.07, 6.45) is 4.85. The summed E-state index contributed by atoms with van der Waals surface area (Å²) in [6, 6.07) is 5.44. The van der Waals surface area contributed by atoms with Crippen LogP contribution < -0.4 is 5.32 Å². The highest BCUT2D eigenvalue weighted by molar-refractivity contribution is 14.1. The SMILES string of the molecule is CCCCCC(NCC)c1ccc(F)cc1I. The highest BCUT2D eigenvalue weighted by Crippen LogP contribution is 2.25. The number of rotatable bonds is 7. The van der Waals surface area contributed by atoms with E-state index in [0.717, 1.165) is 16.5 Å². The van der Waals surface area contributed by atoms with Crippen molar-refractivity contribution in [2.24, 2.45) is 0 Å². The highest BCUT2D eigenvalue weighted by Gasteiger charge is 2.13. The van der Waals surface area contributed by atoms with E-state index >= 15 is 0 Å². The minimum atomic E-state index is -0.151. The average Bonchev–Trinajstić information content (AvgIpc) is 2.28. The first kappa shape index (κ1) is 14.9. The third kappa shape index (κ3) is 4.92. The smallest absolute Gasteiger partial charge is 0.124 e. The fraction of sp³-hybridized carbons (Fsp3) is 0.571. The predicted octanol–water partition coefficient (Wildman–Crippen LogP) is 4.66. The molecule has 0 fully saturated rings. The standard InChI is InChI=1S/C14H21FIN/c1-3-5-6-7-14(17-4-2)12-9-8-11(15)10-13(12)16/h8-10,14,17H,3-7H2,1-2H3. The van der Waals surface area contributed by atoms with E-state index in [1.54, 1.807) is 12.1 Å². The van der Waals surface area contributed by atoms with Crippen LogP contribution in [0.4, 0.5) is 4.39 Å². The van der Waals surface area contributed by atoms with Gasteiger partial charge in [-0.15, -0.1) is 0 Å². The van der Waals surface area contributed by atoms with Gasteiger partial charge in [0.1, 0.15) is 5.82 Å². The molecule has 0 aliphatic heterocycles. The molecule has 1 aromatic carbocycles. The van der Waals surface area contributed by atoms with E-state index < -0.39 is 0 Å². The molecule has 96 valence electrons. The van der Waals surface area contributed by atoms with Crippen LogP contribution in [0.5, 0.6) is 0 Å². The number of benzene rings is 1. The molecule has 0 radical (unpaired) electrons. The molecular weight excluding hydrogens is 328 g/mol. The van der Waals surface area contributed by atoms with Crippen LogP contribution in [0.2, 0.25) is 0 Å². The van der Waals surface area contributed by atoms with Crippen molar-refractivity contribution >= 4 is 22.6 Å². The predicted molar refractivity (Wildman–Crippen MR) is 79.7 cm³/mol. The van der Waals surface area contributed by atoms with E-state index in [1.807, 2.05) is 6.07 Å². The van der Waals surface area contributed by atoms with Gasteiger partial charge in [0.15, 0.2) is 0 Å². The maximum Gasteiger partial charge on any atom is 0.124 e. The van der Waals surface area contributed by atoms with Gasteiger partial charge in [-0.1, -0.05) is 39.2 Å². The monoisotopic (exact) mass is 349 g/mol. The van der Waals surface area contributed by atoms with Crippen molar-refractivity contribution in [1.29, 1.82) is 0 Å². The summed E-state index contributed by atoms with van der Waals surface area (Å²) in [5.41, 5.74) is 1.23. The summed E-state index contributed by atoms with van der Waals surface area (Å²) >= 11 is 2.22. The number of halogens is 2. The van der Waals surface area contributed by atoms with Crippen LogP contribution in [0.25, 0.3) is 0 Å². The zero-order valence-corrected chi connectivity index (χ0v) is 12.8. The molecule has 1 atom stereocenters. The molecule has 3 heteroatoms. The Labute approximate surface area is 117 Å². The van der Waals surface area contributed by atoms with Crippen LogP contribution in [0.3, 0.4) is 0 Å². The van der Waals surface area contributed by atoms with E-state index in [-0.39, 0.29) is 5.82 Å². The number of unbranched alkanes of at least 4 members (excludes halogenated alkanes) is 2. The fourth-order valence-electron chi connectivity index (χ4n) is 2.00. The third-order valence-corrected chi connectivity index (χ3v) is 3.82. The van der Waals surface area contributed by atoms with Crippen molar-refractivity contribution in [3.63, 3.8) is 0 Å². The van der Waals surface area contributed by atoms with Gasteiger partial charge in [0.25, 0.3) is 0 Å². The molecule has 1 unspecified atom stereocenters. The van der Waals surface area contributed by atoms with Gasteiger partial charge in [0.2, 0.25) is 0 Å². The first-order valence-electron chi connectivity index (χ1n) is 6.37. The van der Waals surface area contributed by atoms with Crippen LogP contribution in [0.15, 0.2) is 18.2 Å². The van der Waals surface area contributed by atoms with Crippen molar-refractivity contribution in [2.75, 3.05) is 6.54 Å². The maximum atomic E-state index is 13.1. The van der Waals surface area contributed by atoms with Gasteiger partial charge in [0, 0.05) is 9.61 Å². The Morgan fingerprint density at radius 3 is 2.65 bits per heavy atom. The van der Waals surface area contributed by atoms with E-state index in [9.17, 15) is 4.39 Å². The van der Waals surface area contributed by atoms with E-state index in [0.29, 0.717) is 6.04 Å². The lowest BCUT2D eigenvalue weighted by Gasteiger charge is -2.19. The van der Waals surface area contributed by atoms with Crippen molar-refractivity contribution in [3.8, 4) is 0 Å². The Kier molecular flexibility index (Phi) is 7.04. The fourth-order valence-corrected chi connectivity index (χ4v) is 2.85. The normalized spacial score (nSPS) is 12.7. The number of nitrogens with one attached hydrogen (secondary N) is 1. The maximum absolute atomic E-state index is 13.1. The lowest BCUT2D eigenvalue weighted by Crippen LogP contribution is -2.21. The van der Waals surface area contributed by atoms with E-state index in [2.05, 4.69) is 41.8 Å². The quantitative estimate of drug-likeness (QED) is 0.558. The lowest BCUT2D eigenvalue weighted by molar-refractivity contribution is 0.484. The highest BCUT2D eigenvalue weighted by atomic mass is 127. The Morgan fingerprint density at radius 2 is 2.06 bits per heavy atom. The number of hydrogen-bond donors (Lipinski definition) is 1. The van der Waals surface area contributed by atoms with Gasteiger partial charge in [0.05, 0.1) is 0 Å². The Hall–Kier alpha value is -0.160. The van der Waals surface area contributed by atoms with Crippen LogP contribution in [-0.4, -0.2) is 6.54 Å². The second kappa shape index (κ2) is 8.03. The second-order valence-electron chi connectivity index (χ2n) is 4.27. The zero-order chi connectivity index (χ0) is 12.7. The van der Waals surface area contributed by atoms with Crippen molar-refractivity contribution < 1.29 is 4.39 Å². The molecule has 1 rings (SSSR count). The van der Waals surface area contributed by atoms with E-state index in [1.165, 1.54) is 24.8 Å². The lowest BCUT2D eigenvalue weighted by atomic mass is 10.0. The molecule has 0 spiro atoms. The van der Waals surface area contributed by atoms with Crippen molar-refractivity contribution in [2.45, 2.75) is 45.6 Å². The first-order valence-corrected chi connectivity index (χ1v) is 7.45. The average molecular weight is 349 g/mol. The first-order chi connectivity index (χ1) is 8.19. The molecule has 0 aliphatic carbocycles. The molecule has 0 saturated heterocycles. The molecule has 0 saturated carbocycles. The molecule has 1 aromatic rings. The Bertz CT molecular complexity index is 341. The Balaban J connectivity index is 2.74. The molecule has 1 nitrogen and oxygen atoms in total. The van der Waals surface area contributed by atoms with Crippen molar-refractivity contribution in [1.82, 2.24) is 5.32 Å². The summed E-state index contributed by atoms with van der Waals surface area (Å²) in [5, 5.41) is 3.49. The molecule has 0 heterocycles. The van der Waals surface area contributed by atoms with Crippen LogP contribution in [0.1, 0.15) is 51.1 Å².